The standard InChI is InChI=1S/C21H22FN5O4/c1-12(8-23-21(29)30)31-18-4-3-16(22)7-17(18)13(2)26-6-5-14-10-27-20(25-19(14)26)15(11-28)9-24-27/h3-4,7,9-13,23H,5-6,8H2,1-2H3,(H,29,30)/t12-,13+/m0/s1. The van der Waals surface area contributed by atoms with Crippen molar-refractivity contribution >= 4 is 23.8 Å². The Morgan fingerprint density at radius 2 is 2.23 bits per heavy atom. The maximum Gasteiger partial charge on any atom is 0.404 e. The van der Waals surface area contributed by atoms with Crippen molar-refractivity contribution in [1.82, 2.24) is 19.9 Å². The highest BCUT2D eigenvalue weighted by Crippen LogP contribution is 2.37. The molecule has 3 heterocycles. The van der Waals surface area contributed by atoms with E-state index >= 15 is 0 Å². The quantitative estimate of drug-likeness (QED) is 0.558. The van der Waals surface area contributed by atoms with Gasteiger partial charge in [0.15, 0.2) is 11.9 Å². The number of hydrogen-bond acceptors (Lipinski definition) is 6. The van der Waals surface area contributed by atoms with Gasteiger partial charge in [0.05, 0.1) is 24.3 Å². The van der Waals surface area contributed by atoms with E-state index in [0.717, 1.165) is 24.1 Å². The van der Waals surface area contributed by atoms with Gasteiger partial charge in [0.2, 0.25) is 0 Å². The van der Waals surface area contributed by atoms with Gasteiger partial charge in [-0.25, -0.2) is 18.7 Å². The maximum absolute atomic E-state index is 14.1. The van der Waals surface area contributed by atoms with E-state index in [0.29, 0.717) is 29.1 Å². The van der Waals surface area contributed by atoms with Crippen LogP contribution in [0.3, 0.4) is 0 Å². The topological polar surface area (TPSA) is 109 Å². The van der Waals surface area contributed by atoms with Crippen molar-refractivity contribution < 1.29 is 23.8 Å². The number of fused-ring (bicyclic) bond motifs is 2. The lowest BCUT2D eigenvalue weighted by Crippen LogP contribution is -2.33. The van der Waals surface area contributed by atoms with Crippen molar-refractivity contribution in [3.05, 3.63) is 53.1 Å². The van der Waals surface area contributed by atoms with E-state index in [-0.39, 0.29) is 12.6 Å². The average Bonchev–Trinajstić information content (AvgIpc) is 3.34. The molecule has 4 rings (SSSR count). The number of benzene rings is 1. The van der Waals surface area contributed by atoms with Crippen molar-refractivity contribution in [3.8, 4) is 5.75 Å². The van der Waals surface area contributed by atoms with Gasteiger partial charge in [0, 0.05) is 23.9 Å². The molecular formula is C21H22FN5O4. The summed E-state index contributed by atoms with van der Waals surface area (Å²) < 4.78 is 21.6. The summed E-state index contributed by atoms with van der Waals surface area (Å²) >= 11 is 0. The smallest absolute Gasteiger partial charge is 0.404 e. The number of anilines is 1. The van der Waals surface area contributed by atoms with Gasteiger partial charge in [0.25, 0.3) is 0 Å². The number of halogens is 1. The number of ether oxygens (including phenoxy) is 1. The summed E-state index contributed by atoms with van der Waals surface area (Å²) in [6.45, 7) is 4.43. The van der Waals surface area contributed by atoms with Crippen LogP contribution in [0, 0.1) is 5.82 Å². The number of amides is 1. The second-order valence-electron chi connectivity index (χ2n) is 7.49. The summed E-state index contributed by atoms with van der Waals surface area (Å²) in [6.07, 6.45) is 3.21. The number of hydrogen-bond donors (Lipinski definition) is 2. The predicted octanol–water partition coefficient (Wildman–Crippen LogP) is 2.84. The summed E-state index contributed by atoms with van der Waals surface area (Å²) in [4.78, 5) is 28.7. The van der Waals surface area contributed by atoms with Crippen molar-refractivity contribution in [2.24, 2.45) is 0 Å². The molecule has 0 aliphatic carbocycles. The van der Waals surface area contributed by atoms with E-state index < -0.39 is 18.0 Å². The highest BCUT2D eigenvalue weighted by molar-refractivity contribution is 5.84. The lowest BCUT2D eigenvalue weighted by Gasteiger charge is -2.29. The second kappa shape index (κ2) is 8.21. The largest absolute Gasteiger partial charge is 0.489 e. The van der Waals surface area contributed by atoms with Crippen LogP contribution in [0.1, 0.15) is 41.4 Å². The summed E-state index contributed by atoms with van der Waals surface area (Å²) in [5.41, 5.74) is 2.48. The van der Waals surface area contributed by atoms with E-state index in [1.165, 1.54) is 18.3 Å². The highest BCUT2D eigenvalue weighted by Gasteiger charge is 2.29. The molecule has 1 aliphatic heterocycles. The third-order valence-corrected chi connectivity index (χ3v) is 5.35. The number of carbonyl (C=O) groups excluding carboxylic acids is 1. The van der Waals surface area contributed by atoms with Crippen molar-refractivity contribution in [1.29, 1.82) is 0 Å². The molecule has 0 saturated carbocycles. The first kappa shape index (κ1) is 20.6. The molecule has 2 N–H and O–H groups in total. The van der Waals surface area contributed by atoms with Gasteiger partial charge in [-0.1, -0.05) is 0 Å². The molecule has 10 heteroatoms. The molecule has 162 valence electrons. The molecular weight excluding hydrogens is 405 g/mol. The fourth-order valence-electron chi connectivity index (χ4n) is 3.80. The van der Waals surface area contributed by atoms with Gasteiger partial charge in [0.1, 0.15) is 23.5 Å². The zero-order valence-electron chi connectivity index (χ0n) is 17.1. The molecule has 3 aromatic rings. The number of rotatable bonds is 7. The fourth-order valence-corrected chi connectivity index (χ4v) is 3.80. The molecule has 0 unspecified atom stereocenters. The van der Waals surface area contributed by atoms with Crippen LogP contribution >= 0.6 is 0 Å². The van der Waals surface area contributed by atoms with Gasteiger partial charge in [-0.2, -0.15) is 5.10 Å². The molecule has 0 bridgehead atoms. The highest BCUT2D eigenvalue weighted by atomic mass is 19.1. The minimum Gasteiger partial charge on any atom is -0.489 e. The van der Waals surface area contributed by atoms with Crippen LogP contribution in [-0.2, 0) is 6.42 Å². The molecule has 0 saturated heterocycles. The zero-order chi connectivity index (χ0) is 22.1. The first-order valence-electron chi connectivity index (χ1n) is 9.89. The first-order valence-corrected chi connectivity index (χ1v) is 9.89. The van der Waals surface area contributed by atoms with Crippen LogP contribution < -0.4 is 15.0 Å². The molecule has 2 aromatic heterocycles. The van der Waals surface area contributed by atoms with Gasteiger partial charge >= 0.3 is 6.09 Å². The zero-order valence-corrected chi connectivity index (χ0v) is 17.1. The van der Waals surface area contributed by atoms with E-state index in [1.807, 2.05) is 18.0 Å². The number of aldehydes is 1. The normalized spacial score (nSPS) is 14.9. The molecule has 31 heavy (non-hydrogen) atoms. The van der Waals surface area contributed by atoms with Gasteiger partial charge < -0.3 is 20.1 Å². The van der Waals surface area contributed by atoms with E-state index in [1.54, 1.807) is 17.5 Å². The molecule has 0 fully saturated rings. The number of aromatic nitrogens is 3. The Balaban J connectivity index is 1.65. The number of nitrogens with zero attached hydrogens (tertiary/aromatic N) is 4. The Morgan fingerprint density at radius 3 is 2.97 bits per heavy atom. The van der Waals surface area contributed by atoms with Crippen LogP contribution in [0.2, 0.25) is 0 Å². The Labute approximate surface area is 177 Å². The third kappa shape index (κ3) is 4.00. The molecule has 1 amide bonds. The van der Waals surface area contributed by atoms with E-state index in [4.69, 9.17) is 9.84 Å². The van der Waals surface area contributed by atoms with Crippen molar-refractivity contribution in [2.75, 3.05) is 18.0 Å². The first-order chi connectivity index (χ1) is 14.9. The summed E-state index contributed by atoms with van der Waals surface area (Å²) in [7, 11) is 0. The Bertz CT molecular complexity index is 1150. The number of carboxylic acid groups (broad SMARTS) is 1. The second-order valence-corrected chi connectivity index (χ2v) is 7.49. The summed E-state index contributed by atoms with van der Waals surface area (Å²) in [5, 5.41) is 15.2. The Hall–Kier alpha value is -3.69. The number of carbonyl (C=O) groups is 2. The lowest BCUT2D eigenvalue weighted by atomic mass is 10.1. The summed E-state index contributed by atoms with van der Waals surface area (Å²) in [6, 6.07) is 4.01. The van der Waals surface area contributed by atoms with E-state index in [2.05, 4.69) is 15.4 Å². The van der Waals surface area contributed by atoms with Crippen LogP contribution in [0.5, 0.6) is 5.75 Å². The molecule has 1 aliphatic rings. The molecule has 1 aromatic carbocycles. The average molecular weight is 427 g/mol. The molecule has 0 radical (unpaired) electrons. The minimum absolute atomic E-state index is 0.0995. The van der Waals surface area contributed by atoms with Crippen molar-refractivity contribution in [3.63, 3.8) is 0 Å². The van der Waals surface area contributed by atoms with E-state index in [9.17, 15) is 14.0 Å². The molecule has 2 atom stereocenters. The van der Waals surface area contributed by atoms with Crippen LogP contribution in [0.4, 0.5) is 15.0 Å². The van der Waals surface area contributed by atoms with Crippen LogP contribution in [-0.4, -0.2) is 51.3 Å². The minimum atomic E-state index is -1.14. The fraction of sp³-hybridized carbons (Fsp3) is 0.333. The summed E-state index contributed by atoms with van der Waals surface area (Å²) in [5.74, 6) is 0.799. The van der Waals surface area contributed by atoms with Gasteiger partial charge in [-0.15, -0.1) is 0 Å². The van der Waals surface area contributed by atoms with Gasteiger partial charge in [-0.05, 0) is 38.5 Å². The Kier molecular flexibility index (Phi) is 5.45. The molecule has 0 spiro atoms. The maximum atomic E-state index is 14.1. The number of nitrogens with one attached hydrogen (secondary N) is 1. The molecule has 9 nitrogen and oxygen atoms in total. The predicted molar refractivity (Wildman–Crippen MR) is 110 cm³/mol. The van der Waals surface area contributed by atoms with Crippen LogP contribution in [0.15, 0.2) is 30.6 Å². The van der Waals surface area contributed by atoms with Crippen molar-refractivity contribution in [2.45, 2.75) is 32.4 Å². The monoisotopic (exact) mass is 427 g/mol. The van der Waals surface area contributed by atoms with Gasteiger partial charge in [-0.3, -0.25) is 4.79 Å². The lowest BCUT2D eigenvalue weighted by molar-refractivity contribution is 0.112. The SMILES string of the molecule is C[C@H](c1cc(F)ccc1O[C@@H](C)CNC(=O)O)N1CCc2cn3ncc(C=O)c3nc21. The Morgan fingerprint density at radius 1 is 1.42 bits per heavy atom. The third-order valence-electron chi connectivity index (χ3n) is 5.35. The van der Waals surface area contributed by atoms with Crippen LogP contribution in [0.25, 0.3) is 5.65 Å².